The van der Waals surface area contributed by atoms with Gasteiger partial charge in [-0.1, -0.05) is 18.2 Å². The van der Waals surface area contributed by atoms with Crippen LogP contribution in [-0.2, 0) is 0 Å². The van der Waals surface area contributed by atoms with Crippen molar-refractivity contribution in [2.24, 2.45) is 0 Å². The van der Waals surface area contributed by atoms with Gasteiger partial charge in [0.15, 0.2) is 0 Å². The van der Waals surface area contributed by atoms with Crippen LogP contribution in [0.2, 0.25) is 12.6 Å². The summed E-state index contributed by atoms with van der Waals surface area (Å²) in [6.07, 6.45) is 0.921. The number of benzene rings is 1. The first kappa shape index (κ1) is 11.9. The minimum Gasteiger partial charge on any atom is -0.494 e. The van der Waals surface area contributed by atoms with Crippen molar-refractivity contribution in [3.05, 3.63) is 30.3 Å². The molecular weight excluding hydrogens is 235 g/mol. The van der Waals surface area contributed by atoms with Gasteiger partial charge in [0.1, 0.15) is 5.75 Å². The molecule has 0 heterocycles. The van der Waals surface area contributed by atoms with Crippen LogP contribution in [0.1, 0.15) is 6.42 Å². The van der Waals surface area contributed by atoms with E-state index in [1.54, 1.807) is 0 Å². The molecular formula is C10H14Cl2OSi. The Morgan fingerprint density at radius 1 is 1.21 bits per heavy atom. The van der Waals surface area contributed by atoms with Gasteiger partial charge < -0.3 is 4.74 Å². The molecule has 0 aliphatic rings. The molecule has 0 saturated carbocycles. The average Bonchev–Trinajstić information content (AvgIpc) is 2.13. The van der Waals surface area contributed by atoms with Gasteiger partial charge in [-0.05, 0) is 31.1 Å². The van der Waals surface area contributed by atoms with Crippen molar-refractivity contribution in [2.75, 3.05) is 6.61 Å². The molecule has 0 N–H and O–H groups in total. The molecule has 0 amide bonds. The lowest BCUT2D eigenvalue weighted by Crippen LogP contribution is -2.13. The summed E-state index contributed by atoms with van der Waals surface area (Å²) in [5, 5.41) is 0. The van der Waals surface area contributed by atoms with E-state index < -0.39 is 6.69 Å². The Labute approximate surface area is 95.4 Å². The normalized spacial score (nSPS) is 11.4. The third kappa shape index (κ3) is 5.53. The first-order valence-electron chi connectivity index (χ1n) is 4.64. The number of ether oxygens (including phenoxy) is 1. The molecule has 1 aromatic carbocycles. The Morgan fingerprint density at radius 2 is 1.86 bits per heavy atom. The lowest BCUT2D eigenvalue weighted by Gasteiger charge is -2.10. The summed E-state index contributed by atoms with van der Waals surface area (Å²) in [5.74, 6) is 0.903. The van der Waals surface area contributed by atoms with E-state index in [0.29, 0.717) is 6.61 Å². The highest BCUT2D eigenvalue weighted by molar-refractivity contribution is 7.44. The fourth-order valence-electron chi connectivity index (χ4n) is 1.09. The molecule has 0 atom stereocenters. The lowest BCUT2D eigenvalue weighted by atomic mass is 10.3. The summed E-state index contributed by atoms with van der Waals surface area (Å²) in [4.78, 5) is 0. The molecule has 0 unspecified atom stereocenters. The lowest BCUT2D eigenvalue weighted by molar-refractivity contribution is 0.317. The van der Waals surface area contributed by atoms with Crippen molar-refractivity contribution in [1.82, 2.24) is 0 Å². The first-order chi connectivity index (χ1) is 6.58. The van der Waals surface area contributed by atoms with Crippen LogP contribution in [0.4, 0.5) is 0 Å². The summed E-state index contributed by atoms with van der Waals surface area (Å²) in [5.41, 5.74) is 0. The average molecular weight is 249 g/mol. The van der Waals surface area contributed by atoms with Crippen molar-refractivity contribution in [1.29, 1.82) is 0 Å². The largest absolute Gasteiger partial charge is 0.494 e. The zero-order valence-corrected chi connectivity index (χ0v) is 10.7. The molecule has 0 saturated heterocycles. The van der Waals surface area contributed by atoms with Gasteiger partial charge >= 0.3 is 0 Å². The maximum Gasteiger partial charge on any atom is 0.248 e. The van der Waals surface area contributed by atoms with Crippen LogP contribution in [0.15, 0.2) is 30.3 Å². The standard InChI is InChI=1S/C10H14Cl2OSi/c1-14(11,12)9-5-8-13-10-6-3-2-4-7-10/h2-4,6-7H,5,8-9H2,1H3. The van der Waals surface area contributed by atoms with Gasteiger partial charge in [0.25, 0.3) is 0 Å². The first-order valence-corrected chi connectivity index (χ1v) is 9.37. The van der Waals surface area contributed by atoms with E-state index in [-0.39, 0.29) is 0 Å². The number of rotatable bonds is 5. The quantitative estimate of drug-likeness (QED) is 0.435. The topological polar surface area (TPSA) is 9.23 Å². The van der Waals surface area contributed by atoms with Crippen LogP contribution < -0.4 is 4.74 Å². The predicted octanol–water partition coefficient (Wildman–Crippen LogP) is 4.01. The third-order valence-corrected chi connectivity index (χ3v) is 4.14. The summed E-state index contributed by atoms with van der Waals surface area (Å²) in [7, 11) is 0. The number of hydrogen-bond donors (Lipinski definition) is 0. The monoisotopic (exact) mass is 248 g/mol. The fraction of sp³-hybridized carbons (Fsp3) is 0.400. The molecule has 1 rings (SSSR count). The molecule has 0 aromatic heterocycles. The van der Waals surface area contributed by atoms with Crippen LogP contribution in [0.5, 0.6) is 5.75 Å². The van der Waals surface area contributed by atoms with E-state index in [9.17, 15) is 0 Å². The Hall–Kier alpha value is -0.183. The van der Waals surface area contributed by atoms with Crippen molar-refractivity contribution in [2.45, 2.75) is 19.0 Å². The van der Waals surface area contributed by atoms with Crippen molar-refractivity contribution < 1.29 is 4.74 Å². The van der Waals surface area contributed by atoms with Crippen LogP contribution in [-0.4, -0.2) is 13.3 Å². The summed E-state index contributed by atoms with van der Waals surface area (Å²) < 4.78 is 5.51. The van der Waals surface area contributed by atoms with Crippen molar-refractivity contribution >= 4 is 28.9 Å². The van der Waals surface area contributed by atoms with Crippen molar-refractivity contribution in [3.63, 3.8) is 0 Å². The Balaban J connectivity index is 2.17. The molecule has 0 aliphatic carbocycles. The van der Waals surface area contributed by atoms with E-state index in [1.807, 2.05) is 36.9 Å². The van der Waals surface area contributed by atoms with E-state index in [4.69, 9.17) is 26.9 Å². The van der Waals surface area contributed by atoms with E-state index in [0.717, 1.165) is 18.2 Å². The second-order valence-corrected chi connectivity index (χ2v) is 11.6. The van der Waals surface area contributed by atoms with Gasteiger partial charge in [-0.15, -0.1) is 22.2 Å². The minimum absolute atomic E-state index is 0.687. The van der Waals surface area contributed by atoms with Crippen molar-refractivity contribution in [3.8, 4) is 5.75 Å². The summed E-state index contributed by atoms with van der Waals surface area (Å²) >= 11 is 11.9. The third-order valence-electron chi connectivity index (χ3n) is 1.77. The molecule has 0 spiro atoms. The highest BCUT2D eigenvalue weighted by atomic mass is 35.7. The highest BCUT2D eigenvalue weighted by Crippen LogP contribution is 2.21. The maximum absolute atomic E-state index is 5.96. The second-order valence-electron chi connectivity index (χ2n) is 3.34. The van der Waals surface area contributed by atoms with Gasteiger partial charge in [0, 0.05) is 0 Å². The van der Waals surface area contributed by atoms with Crippen LogP contribution in [0.25, 0.3) is 0 Å². The molecule has 14 heavy (non-hydrogen) atoms. The van der Waals surface area contributed by atoms with E-state index >= 15 is 0 Å². The van der Waals surface area contributed by atoms with E-state index in [2.05, 4.69) is 0 Å². The number of hydrogen-bond acceptors (Lipinski definition) is 1. The van der Waals surface area contributed by atoms with Gasteiger partial charge in [0.05, 0.1) is 6.61 Å². The van der Waals surface area contributed by atoms with Crippen LogP contribution >= 0.6 is 22.2 Å². The maximum atomic E-state index is 5.96. The zero-order chi connectivity index (χ0) is 10.4. The Bertz CT molecular complexity index is 259. The Morgan fingerprint density at radius 3 is 2.43 bits per heavy atom. The number of halogens is 2. The Kier molecular flexibility index (Phi) is 4.79. The van der Waals surface area contributed by atoms with Gasteiger partial charge in [-0.25, -0.2) is 0 Å². The molecule has 0 fully saturated rings. The zero-order valence-electron chi connectivity index (χ0n) is 8.17. The molecule has 0 bridgehead atoms. The van der Waals surface area contributed by atoms with Crippen LogP contribution in [0.3, 0.4) is 0 Å². The summed E-state index contributed by atoms with van der Waals surface area (Å²) in [6, 6.07) is 10.6. The summed E-state index contributed by atoms with van der Waals surface area (Å²) in [6.45, 7) is 0.685. The molecule has 1 nitrogen and oxygen atoms in total. The fourth-order valence-corrected chi connectivity index (χ4v) is 2.66. The van der Waals surface area contributed by atoms with Gasteiger partial charge in [-0.3, -0.25) is 0 Å². The SMILES string of the molecule is C[Si](Cl)(Cl)CCCOc1ccccc1. The van der Waals surface area contributed by atoms with E-state index in [1.165, 1.54) is 0 Å². The molecule has 1 aromatic rings. The van der Waals surface area contributed by atoms with Gasteiger partial charge in [-0.2, -0.15) is 0 Å². The van der Waals surface area contributed by atoms with Crippen LogP contribution in [0, 0.1) is 0 Å². The highest BCUT2D eigenvalue weighted by Gasteiger charge is 2.19. The molecule has 4 heteroatoms. The predicted molar refractivity (Wildman–Crippen MR) is 64.7 cm³/mol. The second kappa shape index (κ2) is 5.64. The molecule has 0 radical (unpaired) electrons. The smallest absolute Gasteiger partial charge is 0.248 e. The molecule has 0 aliphatic heterocycles. The minimum atomic E-state index is -1.93. The van der Waals surface area contributed by atoms with Gasteiger partial charge in [0.2, 0.25) is 6.69 Å². The molecule has 78 valence electrons. The number of para-hydroxylation sites is 1.